The molecule has 4 rings (SSSR count). The Kier molecular flexibility index (Phi) is 10.0. The number of hydrogen-bond donors (Lipinski definition) is 0. The van der Waals surface area contributed by atoms with E-state index in [2.05, 4.69) is 0 Å². The van der Waals surface area contributed by atoms with Gasteiger partial charge in [0.05, 0.1) is 0 Å². The molecule has 1 aromatic heterocycles. The van der Waals surface area contributed by atoms with Gasteiger partial charge in [0.25, 0.3) is 0 Å². The van der Waals surface area contributed by atoms with E-state index in [1.807, 2.05) is 31.2 Å². The number of ether oxygens (including phenoxy) is 4. The van der Waals surface area contributed by atoms with Gasteiger partial charge in [0.1, 0.15) is 11.5 Å². The molecule has 12 heteroatoms. The first-order valence-electron chi connectivity index (χ1n) is 12.9. The third kappa shape index (κ3) is 7.16. The molecule has 224 valence electrons. The van der Waals surface area contributed by atoms with Gasteiger partial charge in [-0.1, -0.05) is 18.2 Å². The molecule has 42 heavy (non-hydrogen) atoms. The van der Waals surface area contributed by atoms with Crippen LogP contribution >= 0.6 is 23.1 Å². The zero-order valence-corrected chi connectivity index (χ0v) is 25.1. The first-order chi connectivity index (χ1) is 19.9. The number of halogens is 3. The molecular weight excluding hydrogens is 593 g/mol. The van der Waals surface area contributed by atoms with Gasteiger partial charge >= 0.3 is 17.9 Å². The molecule has 0 saturated carbocycles. The fourth-order valence-corrected chi connectivity index (χ4v) is 6.53. The molecule has 5 atom stereocenters. The highest BCUT2D eigenvalue weighted by Crippen LogP contribution is 2.41. The van der Waals surface area contributed by atoms with E-state index in [1.165, 1.54) is 43.9 Å². The summed E-state index contributed by atoms with van der Waals surface area (Å²) in [6.45, 7) is 5.58. The Morgan fingerprint density at radius 2 is 1.45 bits per heavy atom. The van der Waals surface area contributed by atoms with Crippen molar-refractivity contribution < 1.29 is 46.5 Å². The predicted octanol–water partition coefficient (Wildman–Crippen LogP) is 6.29. The van der Waals surface area contributed by atoms with E-state index in [1.54, 1.807) is 12.3 Å². The van der Waals surface area contributed by atoms with Gasteiger partial charge in [-0.25, -0.2) is 13.2 Å². The van der Waals surface area contributed by atoms with Crippen molar-refractivity contribution in [3.05, 3.63) is 81.5 Å². The third-order valence-corrected chi connectivity index (χ3v) is 8.61. The molecule has 0 spiro atoms. The summed E-state index contributed by atoms with van der Waals surface area (Å²) in [6, 6.07) is 11.0. The number of esters is 3. The smallest absolute Gasteiger partial charge is 0.303 e. The molecule has 7 nitrogen and oxygen atoms in total. The maximum atomic E-state index is 13.8. The second-order valence-corrected chi connectivity index (χ2v) is 11.9. The first kappa shape index (κ1) is 31.6. The molecule has 0 aliphatic carbocycles. The molecule has 1 aliphatic heterocycles. The van der Waals surface area contributed by atoms with Gasteiger partial charge in [0, 0.05) is 36.9 Å². The van der Waals surface area contributed by atoms with E-state index in [0.717, 1.165) is 28.1 Å². The topological polar surface area (TPSA) is 88.1 Å². The van der Waals surface area contributed by atoms with Gasteiger partial charge in [0.2, 0.25) is 0 Å². The number of benzene rings is 2. The molecule has 0 bridgehead atoms. The van der Waals surface area contributed by atoms with Crippen molar-refractivity contribution in [2.24, 2.45) is 0 Å². The maximum Gasteiger partial charge on any atom is 0.303 e. The maximum absolute atomic E-state index is 13.8. The zero-order valence-electron chi connectivity index (χ0n) is 23.4. The van der Waals surface area contributed by atoms with Crippen molar-refractivity contribution >= 4 is 41.0 Å². The quantitative estimate of drug-likeness (QED) is 0.165. The van der Waals surface area contributed by atoms with Crippen molar-refractivity contribution in [2.45, 2.75) is 64.0 Å². The molecule has 0 amide bonds. The highest BCUT2D eigenvalue weighted by atomic mass is 32.2. The fourth-order valence-electron chi connectivity index (χ4n) is 4.80. The average Bonchev–Trinajstić information content (AvgIpc) is 3.38. The predicted molar refractivity (Wildman–Crippen MR) is 151 cm³/mol. The van der Waals surface area contributed by atoms with Crippen LogP contribution in [0.1, 0.15) is 48.4 Å². The molecule has 2 aromatic carbocycles. The van der Waals surface area contributed by atoms with Crippen molar-refractivity contribution in [1.82, 2.24) is 0 Å². The van der Waals surface area contributed by atoms with Crippen LogP contribution in [-0.2, 0) is 39.8 Å². The Hall–Kier alpha value is -3.35. The molecule has 3 aromatic rings. The summed E-state index contributed by atoms with van der Waals surface area (Å²) >= 11 is 2.57. The Labute approximate surface area is 249 Å². The summed E-state index contributed by atoms with van der Waals surface area (Å²) in [6.07, 6.45) is -1.94. The highest BCUT2D eigenvalue weighted by molar-refractivity contribution is 7.99. The number of hydrogen-bond acceptors (Lipinski definition) is 9. The van der Waals surface area contributed by atoms with Crippen LogP contribution < -0.4 is 0 Å². The van der Waals surface area contributed by atoms with Crippen LogP contribution in [-0.4, -0.2) is 47.9 Å². The fraction of sp³-hybridized carbons (Fsp3) is 0.367. The normalized spacial score (nSPS) is 22.0. The molecule has 0 N–H and O–H groups in total. The van der Waals surface area contributed by atoms with E-state index < -0.39 is 65.2 Å². The van der Waals surface area contributed by atoms with Crippen LogP contribution in [0.25, 0.3) is 10.4 Å². The second-order valence-electron chi connectivity index (χ2n) is 9.77. The summed E-state index contributed by atoms with van der Waals surface area (Å²) in [4.78, 5) is 37.6. The molecule has 1 saturated heterocycles. The first-order valence-corrected chi connectivity index (χ1v) is 15.0. The van der Waals surface area contributed by atoms with Crippen LogP contribution in [0.3, 0.4) is 0 Å². The van der Waals surface area contributed by atoms with Gasteiger partial charge in [-0.3, -0.25) is 14.4 Å². The van der Waals surface area contributed by atoms with Gasteiger partial charge in [-0.05, 0) is 59.7 Å². The lowest BCUT2D eigenvalue weighted by Crippen LogP contribution is -2.57. The Balaban J connectivity index is 1.68. The van der Waals surface area contributed by atoms with E-state index >= 15 is 0 Å². The monoisotopic (exact) mass is 622 g/mol. The van der Waals surface area contributed by atoms with E-state index in [0.29, 0.717) is 16.9 Å². The van der Waals surface area contributed by atoms with Crippen LogP contribution in [0.4, 0.5) is 13.2 Å². The highest BCUT2D eigenvalue weighted by Gasteiger charge is 2.52. The number of thioether (sulfide) groups is 1. The van der Waals surface area contributed by atoms with Gasteiger partial charge < -0.3 is 18.9 Å². The Bertz CT molecular complexity index is 1470. The van der Waals surface area contributed by atoms with Crippen LogP contribution in [0, 0.1) is 24.4 Å². The van der Waals surface area contributed by atoms with Gasteiger partial charge in [0.15, 0.2) is 35.8 Å². The molecule has 1 unspecified atom stereocenters. The second kappa shape index (κ2) is 13.3. The van der Waals surface area contributed by atoms with Crippen molar-refractivity contribution in [3.63, 3.8) is 0 Å². The summed E-state index contributed by atoms with van der Waals surface area (Å²) in [7, 11) is 0. The SMILES string of the molecule is CS[C@H]1OC(c2ccc(C)c(Cc3ccc(-c4cc(F)c(F)c(F)c4)s3)c2)[C@H](OC(C)=O)[C@@H](OC(C)=O)[C@@H]1OC(C)=O. The van der Waals surface area contributed by atoms with E-state index in [9.17, 15) is 27.6 Å². The van der Waals surface area contributed by atoms with Crippen LogP contribution in [0.15, 0.2) is 42.5 Å². The van der Waals surface area contributed by atoms with Crippen molar-refractivity contribution in [2.75, 3.05) is 6.26 Å². The minimum absolute atomic E-state index is 0.231. The van der Waals surface area contributed by atoms with Crippen molar-refractivity contribution in [1.29, 1.82) is 0 Å². The summed E-state index contributed by atoms with van der Waals surface area (Å²) < 4.78 is 64.0. The summed E-state index contributed by atoms with van der Waals surface area (Å²) in [5.41, 5.74) is 1.97. The minimum atomic E-state index is -1.52. The molecular formula is C30H29F3O7S2. The largest absolute Gasteiger partial charge is 0.455 e. The molecule has 0 radical (unpaired) electrons. The molecule has 1 fully saturated rings. The van der Waals surface area contributed by atoms with E-state index in [-0.39, 0.29) is 5.56 Å². The zero-order chi connectivity index (χ0) is 30.7. The number of rotatable bonds is 8. The van der Waals surface area contributed by atoms with Gasteiger partial charge in [-0.15, -0.1) is 23.1 Å². The van der Waals surface area contributed by atoms with E-state index in [4.69, 9.17) is 18.9 Å². The molecule has 2 heterocycles. The number of carbonyl (C=O) groups excluding carboxylic acids is 3. The standard InChI is InChI=1S/C30H29F3O7S2/c1-14-6-7-18(10-19(14)11-21-8-9-24(42-21)20-12-22(31)25(33)23(32)13-20)26-27(37-15(2)34)28(38-16(3)35)29(39-17(4)36)30(40-26)41-5/h6-10,12-13,26-30H,11H2,1-5H3/t26?,27-,28+,29-,30+/m0/s1. The van der Waals surface area contributed by atoms with Gasteiger partial charge in [-0.2, -0.15) is 0 Å². The molecule has 1 aliphatic rings. The van der Waals surface area contributed by atoms with Crippen LogP contribution in [0.5, 0.6) is 0 Å². The Morgan fingerprint density at radius 1 is 0.857 bits per heavy atom. The number of thiophene rings is 1. The minimum Gasteiger partial charge on any atom is -0.455 e. The lowest BCUT2D eigenvalue weighted by atomic mass is 9.91. The average molecular weight is 623 g/mol. The number of aryl methyl sites for hydroxylation is 1. The lowest BCUT2D eigenvalue weighted by Gasteiger charge is -2.44. The lowest BCUT2D eigenvalue weighted by molar-refractivity contribution is -0.233. The van der Waals surface area contributed by atoms with Crippen molar-refractivity contribution in [3.8, 4) is 10.4 Å². The Morgan fingerprint density at radius 3 is 2.05 bits per heavy atom. The van der Waals surface area contributed by atoms with Crippen LogP contribution in [0.2, 0.25) is 0 Å². The summed E-state index contributed by atoms with van der Waals surface area (Å²) in [5.74, 6) is -5.93. The summed E-state index contributed by atoms with van der Waals surface area (Å²) in [5, 5.41) is 0. The number of carbonyl (C=O) groups is 3. The third-order valence-electron chi connectivity index (χ3n) is 6.63.